The summed E-state index contributed by atoms with van der Waals surface area (Å²) < 4.78 is 26.7. The van der Waals surface area contributed by atoms with E-state index in [2.05, 4.69) is 54.5 Å². The van der Waals surface area contributed by atoms with Crippen molar-refractivity contribution < 1.29 is 84.7 Å². The molecule has 0 amide bonds. The summed E-state index contributed by atoms with van der Waals surface area (Å²) in [5, 5.41) is 120. The molecule has 7 saturated carbocycles. The minimum Gasteiger partial charge on any atom is -0.481 e. The van der Waals surface area contributed by atoms with Crippen LogP contribution in [-0.4, -0.2) is 174 Å². The highest BCUT2D eigenvalue weighted by atomic mass is 16.6. The number of fused-ring (bicyclic) bond motifs is 7. The van der Waals surface area contributed by atoms with Crippen molar-refractivity contribution in [3.63, 3.8) is 0 Å². The second-order valence-electron chi connectivity index (χ2n) is 26.2. The van der Waals surface area contributed by atoms with Crippen LogP contribution >= 0.6 is 0 Å². The van der Waals surface area contributed by atoms with E-state index in [1.807, 2.05) is 0 Å². The van der Waals surface area contributed by atoms with Gasteiger partial charge in [0.05, 0.1) is 68.0 Å². The summed E-state index contributed by atoms with van der Waals surface area (Å²) in [4.78, 5) is 26.0. The smallest absolute Gasteiger partial charge is 0.309 e. The van der Waals surface area contributed by atoms with Gasteiger partial charge in [-0.15, -0.1) is 0 Å². The van der Waals surface area contributed by atoms with E-state index in [4.69, 9.17) is 18.9 Å². The van der Waals surface area contributed by atoms with Crippen molar-refractivity contribution >= 4 is 11.9 Å². The van der Waals surface area contributed by atoms with Gasteiger partial charge < -0.3 is 75.1 Å². The molecular weight excluding hydrogens is 933 g/mol. The minimum atomic E-state index is -1.67. The van der Waals surface area contributed by atoms with Crippen LogP contribution in [0.2, 0.25) is 0 Å². The second kappa shape index (κ2) is 20.2. The van der Waals surface area contributed by atoms with Crippen LogP contribution in [0.3, 0.4) is 0 Å². The molecular formula is C55H90O17. The van der Waals surface area contributed by atoms with E-state index in [9.17, 15) is 65.8 Å². The van der Waals surface area contributed by atoms with Crippen LogP contribution in [0.15, 0.2) is 11.6 Å². The maximum Gasteiger partial charge on any atom is 0.309 e. The third kappa shape index (κ3) is 8.68. The van der Waals surface area contributed by atoms with E-state index < -0.39 is 133 Å². The molecule has 0 aliphatic heterocycles. The standard InChI is InChI=1S/C55H90O17/c1-26-46(71-34-18-29(22-56)40(61)44(65)42(34)63)31(49(67)68)20-36(47(26)72-35-19-30(23-57)41(62)45(66)43(35)64)70-39-13-14-51(6)37(52(39,7)24-58)12-15-54(9)38(51)11-10-32-33-21-50(4,5)27(2)48(69-28(3)60)55(33,25-59)17-16-53(32,54)8/h10,26-27,29-31,33-48,56-59,61-66H,11-25H2,1-9H3,(H,67,68)/t26-,27?,29?,30?,31?,33?,34+,35+,36+,37?,38?,39?,40-,41-,42?,43?,44-,45-,46+,47?,48-,51?,52+,53+,54?,55?/m0/s1. The molecule has 0 aromatic carbocycles. The van der Waals surface area contributed by atoms with Gasteiger partial charge in [0.1, 0.15) is 30.5 Å². The van der Waals surface area contributed by atoms with Crippen molar-refractivity contribution in [1.82, 2.24) is 0 Å². The van der Waals surface area contributed by atoms with Gasteiger partial charge in [-0.3, -0.25) is 9.59 Å². The molecule has 0 heterocycles. The maximum atomic E-state index is 13.4. The average molecular weight is 1020 g/mol. The van der Waals surface area contributed by atoms with Crippen molar-refractivity contribution in [2.24, 2.45) is 79.8 Å². The van der Waals surface area contributed by atoms with Crippen LogP contribution in [0.25, 0.3) is 0 Å². The third-order valence-electron chi connectivity index (χ3n) is 22.6. The number of aliphatic carboxylic acids is 1. The van der Waals surface area contributed by atoms with Crippen molar-refractivity contribution in [2.45, 2.75) is 212 Å². The molecule has 17 heteroatoms. The van der Waals surface area contributed by atoms with Gasteiger partial charge in [0.2, 0.25) is 0 Å². The average Bonchev–Trinajstić information content (AvgIpc) is 3.33. The maximum absolute atomic E-state index is 13.4. The predicted molar refractivity (Wildman–Crippen MR) is 260 cm³/mol. The van der Waals surface area contributed by atoms with Crippen LogP contribution in [0.1, 0.15) is 133 Å². The Morgan fingerprint density at radius 2 is 1.25 bits per heavy atom. The SMILES string of the molecule is CC(=O)O[C@H]1C(C)C(C)(C)CC2C3=CCC4C5(C)CCC(O[C@@H]6CC(C(=O)O)[C@H](O[C@@H]7CC(CO)[C@H](O)[C@H](O)C7O)[C@H](C)C6O[C@@H]6CC(CO)[C@H](O)[C@H](O)C6O)[C@](C)(CO)C5CCC4(C)[C@]3(C)CCC21CO. The largest absolute Gasteiger partial charge is 0.481 e. The first-order valence-electron chi connectivity index (χ1n) is 27.2. The van der Waals surface area contributed by atoms with Gasteiger partial charge in [0.25, 0.3) is 0 Å². The zero-order chi connectivity index (χ0) is 53.0. The molecule has 8 rings (SSSR count). The number of hydrogen-bond donors (Lipinski definition) is 11. The van der Waals surface area contributed by atoms with Gasteiger partial charge in [0, 0.05) is 48.7 Å². The summed E-state index contributed by atoms with van der Waals surface area (Å²) in [6, 6.07) is 0. The molecule has 0 radical (unpaired) electrons. The molecule has 14 unspecified atom stereocenters. The van der Waals surface area contributed by atoms with Crippen molar-refractivity contribution in [2.75, 3.05) is 26.4 Å². The number of carboxylic acids is 1. The minimum absolute atomic E-state index is 0.0174. The number of aliphatic hydroxyl groups excluding tert-OH is 10. The summed E-state index contributed by atoms with van der Waals surface area (Å²) >= 11 is 0. The van der Waals surface area contributed by atoms with Crippen molar-refractivity contribution in [1.29, 1.82) is 0 Å². The van der Waals surface area contributed by atoms with Crippen LogP contribution in [-0.2, 0) is 28.5 Å². The number of hydrogen-bond acceptors (Lipinski definition) is 16. The van der Waals surface area contributed by atoms with Crippen molar-refractivity contribution in [3.05, 3.63) is 11.6 Å². The Bertz CT molecular complexity index is 2000. The lowest BCUT2D eigenvalue weighted by Gasteiger charge is -2.72. The van der Waals surface area contributed by atoms with E-state index in [1.54, 1.807) is 6.92 Å². The van der Waals surface area contributed by atoms with Gasteiger partial charge in [-0.1, -0.05) is 67.0 Å². The molecule has 0 aromatic rings. The van der Waals surface area contributed by atoms with E-state index in [1.165, 1.54) is 12.5 Å². The van der Waals surface area contributed by atoms with Crippen LogP contribution in [0.4, 0.5) is 0 Å². The van der Waals surface area contributed by atoms with E-state index >= 15 is 0 Å². The number of esters is 1. The molecule has 17 nitrogen and oxygen atoms in total. The monoisotopic (exact) mass is 1020 g/mol. The number of carbonyl (C=O) groups excluding carboxylic acids is 1. The third-order valence-corrected chi connectivity index (χ3v) is 22.6. The summed E-state index contributed by atoms with van der Waals surface area (Å²) in [5.41, 5.74) is -0.793. The topological polar surface area (TPSA) is 294 Å². The first-order valence-corrected chi connectivity index (χ1v) is 27.2. The Hall–Kier alpha value is -1.84. The number of allylic oxidation sites excluding steroid dienone is 2. The highest BCUT2D eigenvalue weighted by Crippen LogP contribution is 2.76. The summed E-state index contributed by atoms with van der Waals surface area (Å²) in [5.74, 6) is -5.03. The molecule has 0 bridgehead atoms. The van der Waals surface area contributed by atoms with Crippen molar-refractivity contribution in [3.8, 4) is 0 Å². The van der Waals surface area contributed by atoms with Crippen LogP contribution in [0, 0.1) is 79.8 Å². The molecule has 26 atom stereocenters. The molecule has 8 aliphatic carbocycles. The Balaban J connectivity index is 1.10. The molecule has 8 aliphatic rings. The second-order valence-corrected chi connectivity index (χ2v) is 26.2. The fraction of sp³-hybridized carbons (Fsp3) is 0.927. The number of rotatable bonds is 12. The zero-order valence-corrected chi connectivity index (χ0v) is 44.2. The molecule has 72 heavy (non-hydrogen) atoms. The molecule has 11 N–H and O–H groups in total. The molecule has 0 saturated heterocycles. The number of aliphatic hydroxyl groups is 10. The Kier molecular flexibility index (Phi) is 15.8. The first-order chi connectivity index (χ1) is 33.7. The zero-order valence-electron chi connectivity index (χ0n) is 44.2. The summed E-state index contributed by atoms with van der Waals surface area (Å²) in [7, 11) is 0. The first kappa shape index (κ1) is 56.4. The van der Waals surface area contributed by atoms with Gasteiger partial charge in [0.15, 0.2) is 0 Å². The number of carboxylic acid groups (broad SMARTS) is 1. The number of ether oxygens (including phenoxy) is 4. The fourth-order valence-corrected chi connectivity index (χ4v) is 17.7. The molecule has 412 valence electrons. The van der Waals surface area contributed by atoms with E-state index in [0.717, 1.165) is 44.9 Å². The lowest BCUT2D eigenvalue weighted by atomic mass is 9.33. The molecule has 7 fully saturated rings. The Labute approximate surface area is 425 Å². The number of carbonyl (C=O) groups is 2. The van der Waals surface area contributed by atoms with Gasteiger partial charge >= 0.3 is 11.9 Å². The van der Waals surface area contributed by atoms with Gasteiger partial charge in [-0.25, -0.2) is 0 Å². The predicted octanol–water partition coefficient (Wildman–Crippen LogP) is 2.73. The highest BCUT2D eigenvalue weighted by Gasteiger charge is 2.71. The lowest BCUT2D eigenvalue weighted by molar-refractivity contribution is -0.277. The highest BCUT2D eigenvalue weighted by molar-refractivity contribution is 5.71. The molecule has 0 spiro atoms. The quantitative estimate of drug-likeness (QED) is 0.0990. The molecule has 0 aromatic heterocycles. The summed E-state index contributed by atoms with van der Waals surface area (Å²) in [6.45, 7) is 17.9. The summed E-state index contributed by atoms with van der Waals surface area (Å²) in [6.07, 6.45) is -7.41. The van der Waals surface area contributed by atoms with Gasteiger partial charge in [-0.05, 0) is 116 Å². The Morgan fingerprint density at radius 3 is 1.78 bits per heavy atom. The lowest BCUT2D eigenvalue weighted by Crippen LogP contribution is -2.68. The van der Waals surface area contributed by atoms with E-state index in [0.29, 0.717) is 6.42 Å². The fourth-order valence-electron chi connectivity index (χ4n) is 17.7. The van der Waals surface area contributed by atoms with Gasteiger partial charge in [-0.2, -0.15) is 0 Å². The van der Waals surface area contributed by atoms with E-state index in [-0.39, 0.29) is 83.8 Å². The van der Waals surface area contributed by atoms with Crippen LogP contribution in [0.5, 0.6) is 0 Å². The normalized spacial score (nSPS) is 53.2. The Morgan fingerprint density at radius 1 is 0.667 bits per heavy atom. The van der Waals surface area contributed by atoms with Crippen LogP contribution < -0.4 is 0 Å².